The zero-order valence-electron chi connectivity index (χ0n) is 14.5. The number of carbonyl (C=O) groups is 1. The highest BCUT2D eigenvalue weighted by atomic mass is 16.5. The molecule has 2 aromatic carbocycles. The zero-order valence-corrected chi connectivity index (χ0v) is 14.5. The van der Waals surface area contributed by atoms with Crippen LogP contribution >= 0.6 is 0 Å². The van der Waals surface area contributed by atoms with Gasteiger partial charge in [0.15, 0.2) is 5.96 Å². The summed E-state index contributed by atoms with van der Waals surface area (Å²) in [5, 5.41) is 3.10. The van der Waals surface area contributed by atoms with E-state index in [-0.39, 0.29) is 5.97 Å². The monoisotopic (exact) mass is 341 g/mol. The maximum atomic E-state index is 11.4. The average molecular weight is 341 g/mol. The Morgan fingerprint density at radius 3 is 2.52 bits per heavy atom. The summed E-state index contributed by atoms with van der Waals surface area (Å²) in [7, 11) is 3.02. The Balaban J connectivity index is 1.90. The van der Waals surface area contributed by atoms with Crippen LogP contribution in [0.3, 0.4) is 0 Å². The van der Waals surface area contributed by atoms with Crippen LogP contribution in [0.4, 0.5) is 5.69 Å². The molecule has 0 heterocycles. The maximum absolute atomic E-state index is 11.4. The van der Waals surface area contributed by atoms with E-state index in [1.807, 2.05) is 36.4 Å². The zero-order chi connectivity index (χ0) is 18.1. The molecule has 6 heteroatoms. The molecule has 3 N–H and O–H groups in total. The fourth-order valence-electron chi connectivity index (χ4n) is 2.33. The number of nitrogens with one attached hydrogen (secondary N) is 1. The standard InChI is InChI=1S/C19H23N3O3/c1-24-13-16-5-3-4-6-17(16)22-19(20)21-12-11-14-7-9-15(10-8-14)18(23)25-2/h3-10H,11-13H2,1-2H3,(H3,20,21,22). The van der Waals surface area contributed by atoms with Crippen LogP contribution in [0.15, 0.2) is 53.5 Å². The molecule has 0 atom stereocenters. The van der Waals surface area contributed by atoms with Crippen LogP contribution in [-0.2, 0) is 22.5 Å². The van der Waals surface area contributed by atoms with Crippen molar-refractivity contribution in [1.82, 2.24) is 0 Å². The van der Waals surface area contributed by atoms with E-state index in [4.69, 9.17) is 10.5 Å². The molecule has 0 aliphatic rings. The van der Waals surface area contributed by atoms with Crippen molar-refractivity contribution in [3.63, 3.8) is 0 Å². The number of guanidine groups is 1. The van der Waals surface area contributed by atoms with E-state index in [2.05, 4.69) is 15.0 Å². The van der Waals surface area contributed by atoms with Crippen LogP contribution in [0.2, 0.25) is 0 Å². The number of hydrogen-bond acceptors (Lipinski definition) is 4. The molecule has 6 nitrogen and oxygen atoms in total. The fourth-order valence-corrected chi connectivity index (χ4v) is 2.33. The van der Waals surface area contributed by atoms with E-state index >= 15 is 0 Å². The van der Waals surface area contributed by atoms with Crippen LogP contribution in [0.1, 0.15) is 21.5 Å². The lowest BCUT2D eigenvalue weighted by Crippen LogP contribution is -2.23. The van der Waals surface area contributed by atoms with Gasteiger partial charge in [-0.3, -0.25) is 4.99 Å². The quantitative estimate of drug-likeness (QED) is 0.459. The normalized spacial score (nSPS) is 11.2. The third-order valence-corrected chi connectivity index (χ3v) is 3.64. The molecule has 0 radical (unpaired) electrons. The van der Waals surface area contributed by atoms with Gasteiger partial charge in [-0.1, -0.05) is 30.3 Å². The minimum Gasteiger partial charge on any atom is -0.465 e. The molecule has 0 spiro atoms. The van der Waals surface area contributed by atoms with Crippen molar-refractivity contribution >= 4 is 17.6 Å². The van der Waals surface area contributed by atoms with Crippen LogP contribution in [0.5, 0.6) is 0 Å². The van der Waals surface area contributed by atoms with Gasteiger partial charge in [0.25, 0.3) is 0 Å². The number of rotatable bonds is 7. The Labute approximate surface area is 147 Å². The molecular formula is C19H23N3O3. The molecule has 0 saturated carbocycles. The molecule has 0 unspecified atom stereocenters. The van der Waals surface area contributed by atoms with Gasteiger partial charge in [-0.25, -0.2) is 4.79 Å². The number of nitrogens with zero attached hydrogens (tertiary/aromatic N) is 1. The van der Waals surface area contributed by atoms with Gasteiger partial charge in [-0.2, -0.15) is 0 Å². The molecule has 0 saturated heterocycles. The van der Waals surface area contributed by atoms with Crippen LogP contribution in [-0.4, -0.2) is 32.7 Å². The van der Waals surface area contributed by atoms with E-state index in [1.165, 1.54) is 7.11 Å². The summed E-state index contributed by atoms with van der Waals surface area (Å²) in [5.41, 5.74) is 9.46. The van der Waals surface area contributed by atoms with E-state index in [9.17, 15) is 4.79 Å². The lowest BCUT2D eigenvalue weighted by atomic mass is 10.1. The minimum atomic E-state index is -0.340. The average Bonchev–Trinajstić information content (AvgIpc) is 2.63. The van der Waals surface area contributed by atoms with Gasteiger partial charge in [0.2, 0.25) is 0 Å². The van der Waals surface area contributed by atoms with E-state index < -0.39 is 0 Å². The van der Waals surface area contributed by atoms with Gasteiger partial charge in [-0.15, -0.1) is 0 Å². The molecule has 0 aliphatic carbocycles. The van der Waals surface area contributed by atoms with Crippen molar-refractivity contribution in [3.05, 3.63) is 65.2 Å². The molecule has 2 rings (SSSR count). The Morgan fingerprint density at radius 1 is 1.12 bits per heavy atom. The summed E-state index contributed by atoms with van der Waals surface area (Å²) in [6.45, 7) is 1.05. The Hall–Kier alpha value is -2.86. The van der Waals surface area contributed by atoms with Crippen molar-refractivity contribution < 1.29 is 14.3 Å². The summed E-state index contributed by atoms with van der Waals surface area (Å²) >= 11 is 0. The van der Waals surface area contributed by atoms with Gasteiger partial charge in [0.05, 0.1) is 19.3 Å². The predicted octanol–water partition coefficient (Wildman–Crippen LogP) is 2.59. The first kappa shape index (κ1) is 18.5. The van der Waals surface area contributed by atoms with E-state index in [0.717, 1.165) is 23.2 Å². The number of nitrogens with two attached hydrogens (primary N) is 1. The number of hydrogen-bond donors (Lipinski definition) is 2. The van der Waals surface area contributed by atoms with Crippen LogP contribution < -0.4 is 11.1 Å². The first-order valence-corrected chi connectivity index (χ1v) is 7.95. The number of carbonyl (C=O) groups excluding carboxylic acids is 1. The second kappa shape index (κ2) is 9.44. The lowest BCUT2D eigenvalue weighted by Gasteiger charge is -2.10. The lowest BCUT2D eigenvalue weighted by molar-refractivity contribution is 0.0600. The summed E-state index contributed by atoms with van der Waals surface area (Å²) in [6.07, 6.45) is 0.726. The highest BCUT2D eigenvalue weighted by Gasteiger charge is 2.05. The van der Waals surface area contributed by atoms with E-state index in [1.54, 1.807) is 19.2 Å². The van der Waals surface area contributed by atoms with Crippen molar-refractivity contribution in [2.75, 3.05) is 26.1 Å². The Bertz CT molecular complexity index is 727. The Kier molecular flexibility index (Phi) is 6.98. The molecule has 0 aromatic heterocycles. The SMILES string of the molecule is COCc1ccccc1NC(N)=NCCc1ccc(C(=O)OC)cc1. The summed E-state index contributed by atoms with van der Waals surface area (Å²) in [5.74, 6) is 0.0162. The second-order valence-corrected chi connectivity index (χ2v) is 5.42. The van der Waals surface area contributed by atoms with Crippen LogP contribution in [0.25, 0.3) is 0 Å². The molecule has 0 bridgehead atoms. The summed E-state index contributed by atoms with van der Waals surface area (Å²) in [6, 6.07) is 15.0. The van der Waals surface area contributed by atoms with Gasteiger partial charge < -0.3 is 20.5 Å². The molecule has 132 valence electrons. The molecule has 0 amide bonds. The molecule has 0 aliphatic heterocycles. The number of aliphatic imine (C=N–C) groups is 1. The van der Waals surface area contributed by atoms with Crippen molar-refractivity contribution in [2.24, 2.45) is 10.7 Å². The summed E-state index contributed by atoms with van der Waals surface area (Å²) in [4.78, 5) is 15.7. The predicted molar refractivity (Wildman–Crippen MR) is 98.8 cm³/mol. The third-order valence-electron chi connectivity index (χ3n) is 3.64. The van der Waals surface area contributed by atoms with Crippen molar-refractivity contribution in [2.45, 2.75) is 13.0 Å². The number of benzene rings is 2. The molecule has 2 aromatic rings. The van der Waals surface area contributed by atoms with Gasteiger partial charge in [0, 0.05) is 24.9 Å². The first-order valence-electron chi connectivity index (χ1n) is 7.95. The number of anilines is 1. The largest absolute Gasteiger partial charge is 0.465 e. The van der Waals surface area contributed by atoms with E-state index in [0.29, 0.717) is 24.7 Å². The molecule has 0 fully saturated rings. The van der Waals surface area contributed by atoms with Crippen molar-refractivity contribution in [3.8, 4) is 0 Å². The molecule has 25 heavy (non-hydrogen) atoms. The Morgan fingerprint density at radius 2 is 1.84 bits per heavy atom. The van der Waals surface area contributed by atoms with Gasteiger partial charge >= 0.3 is 5.97 Å². The van der Waals surface area contributed by atoms with Crippen molar-refractivity contribution in [1.29, 1.82) is 0 Å². The van der Waals surface area contributed by atoms with Crippen LogP contribution in [0, 0.1) is 0 Å². The first-order chi connectivity index (χ1) is 12.1. The number of methoxy groups -OCH3 is 2. The highest BCUT2D eigenvalue weighted by molar-refractivity contribution is 5.93. The summed E-state index contributed by atoms with van der Waals surface area (Å²) < 4.78 is 9.85. The third kappa shape index (κ3) is 5.61. The highest BCUT2D eigenvalue weighted by Crippen LogP contribution is 2.15. The minimum absolute atomic E-state index is 0.340. The topological polar surface area (TPSA) is 85.9 Å². The van der Waals surface area contributed by atoms with Gasteiger partial charge in [-0.05, 0) is 30.2 Å². The fraction of sp³-hybridized carbons (Fsp3) is 0.263. The van der Waals surface area contributed by atoms with Gasteiger partial charge in [0.1, 0.15) is 0 Å². The second-order valence-electron chi connectivity index (χ2n) is 5.42. The number of ether oxygens (including phenoxy) is 2. The number of para-hydroxylation sites is 1. The smallest absolute Gasteiger partial charge is 0.337 e. The maximum Gasteiger partial charge on any atom is 0.337 e. The molecular weight excluding hydrogens is 318 g/mol. The number of esters is 1.